The first-order valence-corrected chi connectivity index (χ1v) is 6.75. The number of phenols is 1. The van der Waals surface area contributed by atoms with Crippen LogP contribution < -0.4 is 5.32 Å². The Labute approximate surface area is 133 Å². The molecule has 21 heavy (non-hydrogen) atoms. The van der Waals surface area contributed by atoms with E-state index >= 15 is 0 Å². The van der Waals surface area contributed by atoms with E-state index in [0.717, 1.165) is 0 Å². The van der Waals surface area contributed by atoms with Gasteiger partial charge in [0.05, 0.1) is 5.02 Å². The van der Waals surface area contributed by atoms with Crippen molar-refractivity contribution in [3.63, 3.8) is 0 Å². The summed E-state index contributed by atoms with van der Waals surface area (Å²) in [6, 6.07) is 2.78. The van der Waals surface area contributed by atoms with Crippen LogP contribution in [0.2, 0.25) is 5.02 Å². The van der Waals surface area contributed by atoms with E-state index in [0.29, 0.717) is 26.2 Å². The monoisotopic (exact) mass is 342 g/mol. The lowest BCUT2D eigenvalue weighted by atomic mass is 9.98. The van der Waals surface area contributed by atoms with E-state index < -0.39 is 18.6 Å². The Morgan fingerprint density at radius 1 is 1.33 bits per heavy atom. The number of hydrogen-bond acceptors (Lipinski definition) is 4. The second-order valence-electron chi connectivity index (χ2n) is 4.82. The van der Waals surface area contributed by atoms with Crippen LogP contribution in [-0.2, 0) is 0 Å². The zero-order valence-corrected chi connectivity index (χ0v) is 12.8. The van der Waals surface area contributed by atoms with Crippen LogP contribution in [0.3, 0.4) is 0 Å². The number of aromatic hydroxyl groups is 1. The summed E-state index contributed by atoms with van der Waals surface area (Å²) >= 11 is 5.80. The quantitative estimate of drug-likeness (QED) is 0.783. The van der Waals surface area contributed by atoms with Gasteiger partial charge in [0.15, 0.2) is 0 Å². The molecule has 1 aliphatic rings. The molecule has 120 valence electrons. The first kappa shape index (κ1) is 18.4. The van der Waals surface area contributed by atoms with Crippen molar-refractivity contribution in [3.8, 4) is 5.75 Å². The molecule has 0 spiro atoms. The van der Waals surface area contributed by atoms with Crippen molar-refractivity contribution < 1.29 is 19.0 Å². The van der Waals surface area contributed by atoms with Gasteiger partial charge in [-0.25, -0.2) is 8.78 Å². The smallest absolute Gasteiger partial charge is 0.289 e. The standard InChI is InChI=1S/C13H17ClF2N2O2.ClH/c14-10-7-9(1-2-11(10)20)12(13(15,16)8-19)18-5-3-17-4-6-18;/h1-2,7,12,17,19-20H,3-6,8H2;1H/t12-;/m1./s1. The number of rotatable bonds is 4. The van der Waals surface area contributed by atoms with Gasteiger partial charge < -0.3 is 15.5 Å². The first-order chi connectivity index (χ1) is 9.45. The third-order valence-electron chi connectivity index (χ3n) is 3.42. The normalized spacial score (nSPS) is 18.1. The fourth-order valence-electron chi connectivity index (χ4n) is 2.44. The van der Waals surface area contributed by atoms with E-state index in [1.807, 2.05) is 0 Å². The van der Waals surface area contributed by atoms with Gasteiger partial charge in [0, 0.05) is 26.2 Å². The predicted octanol–water partition coefficient (Wildman–Crippen LogP) is 2.04. The van der Waals surface area contributed by atoms with Crippen LogP contribution in [0.5, 0.6) is 5.75 Å². The lowest BCUT2D eigenvalue weighted by molar-refractivity contribution is -0.118. The highest BCUT2D eigenvalue weighted by atomic mass is 35.5. The number of halogens is 4. The average molecular weight is 343 g/mol. The van der Waals surface area contributed by atoms with Gasteiger partial charge in [-0.05, 0) is 17.7 Å². The van der Waals surface area contributed by atoms with E-state index in [2.05, 4.69) is 5.32 Å². The minimum absolute atomic E-state index is 0. The molecule has 1 aromatic carbocycles. The molecule has 0 saturated carbocycles. The minimum atomic E-state index is -3.28. The van der Waals surface area contributed by atoms with Crippen LogP contribution in [0.25, 0.3) is 0 Å². The number of benzene rings is 1. The van der Waals surface area contributed by atoms with Gasteiger partial charge in [0.2, 0.25) is 0 Å². The van der Waals surface area contributed by atoms with Crippen molar-refractivity contribution in [1.29, 1.82) is 0 Å². The Bertz CT molecular complexity index is 471. The highest BCUT2D eigenvalue weighted by Gasteiger charge is 2.44. The maximum atomic E-state index is 14.1. The van der Waals surface area contributed by atoms with Crippen molar-refractivity contribution in [3.05, 3.63) is 28.8 Å². The van der Waals surface area contributed by atoms with E-state index in [1.165, 1.54) is 18.2 Å². The van der Waals surface area contributed by atoms with Crippen molar-refractivity contribution in [2.24, 2.45) is 0 Å². The van der Waals surface area contributed by atoms with Crippen molar-refractivity contribution in [1.82, 2.24) is 10.2 Å². The lowest BCUT2D eigenvalue weighted by Gasteiger charge is -2.38. The number of alkyl halides is 2. The number of aliphatic hydroxyl groups is 1. The van der Waals surface area contributed by atoms with Gasteiger partial charge in [-0.2, -0.15) is 0 Å². The molecule has 4 nitrogen and oxygen atoms in total. The molecule has 0 aromatic heterocycles. The number of phenolic OH excluding ortho intramolecular Hbond substituents is 1. The summed E-state index contributed by atoms with van der Waals surface area (Å²) in [5.41, 5.74) is 0.286. The molecule has 8 heteroatoms. The van der Waals surface area contributed by atoms with Gasteiger partial charge in [-0.3, -0.25) is 4.90 Å². The molecule has 1 heterocycles. The third kappa shape index (κ3) is 4.17. The maximum absolute atomic E-state index is 14.1. The molecule has 2 rings (SSSR count). The Kier molecular flexibility index (Phi) is 6.62. The first-order valence-electron chi connectivity index (χ1n) is 6.37. The topological polar surface area (TPSA) is 55.7 Å². The molecule has 1 aromatic rings. The summed E-state index contributed by atoms with van der Waals surface area (Å²) in [6.45, 7) is 0.908. The molecule has 0 radical (unpaired) electrons. The molecule has 1 fully saturated rings. The number of aliphatic hydroxyl groups excluding tert-OH is 1. The van der Waals surface area contributed by atoms with Crippen molar-refractivity contribution in [2.45, 2.75) is 12.0 Å². The second kappa shape index (κ2) is 7.56. The van der Waals surface area contributed by atoms with Crippen LogP contribution in [0.4, 0.5) is 8.78 Å². The summed E-state index contributed by atoms with van der Waals surface area (Å²) in [7, 11) is 0. The van der Waals surface area contributed by atoms with Crippen LogP contribution in [0, 0.1) is 0 Å². The van der Waals surface area contributed by atoms with E-state index in [1.54, 1.807) is 4.90 Å². The highest BCUT2D eigenvalue weighted by molar-refractivity contribution is 6.32. The molecular weight excluding hydrogens is 325 g/mol. The minimum Gasteiger partial charge on any atom is -0.506 e. The van der Waals surface area contributed by atoms with E-state index in [-0.39, 0.29) is 28.7 Å². The average Bonchev–Trinajstić information content (AvgIpc) is 2.44. The SMILES string of the molecule is Cl.OCC(F)(F)[C@@H](c1ccc(O)c(Cl)c1)N1CCNCC1. The molecule has 1 aliphatic heterocycles. The molecule has 0 unspecified atom stereocenters. The fraction of sp³-hybridized carbons (Fsp3) is 0.538. The maximum Gasteiger partial charge on any atom is 0.289 e. The van der Waals surface area contributed by atoms with Crippen LogP contribution in [-0.4, -0.2) is 53.8 Å². The molecule has 0 amide bonds. The number of piperazine rings is 1. The van der Waals surface area contributed by atoms with Gasteiger partial charge in [0.1, 0.15) is 18.4 Å². The number of hydrogen-bond donors (Lipinski definition) is 3. The van der Waals surface area contributed by atoms with E-state index in [4.69, 9.17) is 16.7 Å². The zero-order valence-electron chi connectivity index (χ0n) is 11.2. The molecule has 1 saturated heterocycles. The lowest BCUT2D eigenvalue weighted by Crippen LogP contribution is -2.51. The largest absolute Gasteiger partial charge is 0.506 e. The van der Waals surface area contributed by atoms with Gasteiger partial charge in [-0.15, -0.1) is 12.4 Å². The Morgan fingerprint density at radius 2 is 1.95 bits per heavy atom. The summed E-state index contributed by atoms with van der Waals surface area (Å²) in [4.78, 5) is 1.62. The molecular formula is C13H18Cl2F2N2O2. The second-order valence-corrected chi connectivity index (χ2v) is 5.23. The Balaban J connectivity index is 0.00000220. The number of nitrogens with one attached hydrogen (secondary N) is 1. The zero-order chi connectivity index (χ0) is 14.8. The van der Waals surface area contributed by atoms with Crippen LogP contribution >= 0.6 is 24.0 Å². The third-order valence-corrected chi connectivity index (χ3v) is 3.72. The summed E-state index contributed by atoms with van der Waals surface area (Å²) in [5, 5.41) is 21.5. The fourth-order valence-corrected chi connectivity index (χ4v) is 2.63. The Hall–Kier alpha value is -0.660. The van der Waals surface area contributed by atoms with Gasteiger partial charge in [0.25, 0.3) is 5.92 Å². The summed E-state index contributed by atoms with van der Waals surface area (Å²) in [5.74, 6) is -3.43. The molecule has 1 atom stereocenters. The Morgan fingerprint density at radius 3 is 2.48 bits per heavy atom. The summed E-state index contributed by atoms with van der Waals surface area (Å²) in [6.07, 6.45) is 0. The van der Waals surface area contributed by atoms with Crippen LogP contribution in [0.15, 0.2) is 18.2 Å². The van der Waals surface area contributed by atoms with E-state index in [9.17, 15) is 13.9 Å². The molecule has 3 N–H and O–H groups in total. The van der Waals surface area contributed by atoms with Crippen molar-refractivity contribution >= 4 is 24.0 Å². The predicted molar refractivity (Wildman–Crippen MR) is 79.6 cm³/mol. The molecule has 0 aliphatic carbocycles. The highest BCUT2D eigenvalue weighted by Crippen LogP contribution is 2.38. The van der Waals surface area contributed by atoms with Gasteiger partial charge >= 0.3 is 0 Å². The molecule has 0 bridgehead atoms. The van der Waals surface area contributed by atoms with Gasteiger partial charge in [-0.1, -0.05) is 17.7 Å². The van der Waals surface area contributed by atoms with Crippen LogP contribution in [0.1, 0.15) is 11.6 Å². The summed E-state index contributed by atoms with van der Waals surface area (Å²) < 4.78 is 28.2. The van der Waals surface area contributed by atoms with Crippen molar-refractivity contribution in [2.75, 3.05) is 32.8 Å². The number of nitrogens with zero attached hydrogens (tertiary/aromatic N) is 1.